The van der Waals surface area contributed by atoms with Crippen LogP contribution < -0.4 is 5.43 Å². The standard InChI is InChI=1S/C21H23N5O3/c1-15-12-18(29-23-15)14-24-8-10-25(11-9-24)21(28)20-19(27)13-16(2)26(22-20)17-6-4-3-5-7-17/h3-7,12-13H,8-11,14H2,1-2H3. The highest BCUT2D eigenvalue weighted by atomic mass is 16.5. The number of rotatable bonds is 4. The molecule has 0 spiro atoms. The van der Waals surface area contributed by atoms with Gasteiger partial charge in [0.25, 0.3) is 5.91 Å². The molecule has 29 heavy (non-hydrogen) atoms. The molecule has 0 N–H and O–H groups in total. The van der Waals surface area contributed by atoms with Crippen molar-refractivity contribution in [2.24, 2.45) is 0 Å². The fraction of sp³-hybridized carbons (Fsp3) is 0.333. The lowest BCUT2D eigenvalue weighted by atomic mass is 10.2. The first-order valence-electron chi connectivity index (χ1n) is 9.61. The molecule has 1 fully saturated rings. The maximum Gasteiger partial charge on any atom is 0.278 e. The van der Waals surface area contributed by atoms with Crippen molar-refractivity contribution < 1.29 is 9.32 Å². The summed E-state index contributed by atoms with van der Waals surface area (Å²) in [5.41, 5.74) is 1.96. The Bertz CT molecular complexity index is 1070. The number of nitrogens with zero attached hydrogens (tertiary/aromatic N) is 5. The normalized spacial score (nSPS) is 14.9. The highest BCUT2D eigenvalue weighted by molar-refractivity contribution is 5.92. The minimum atomic E-state index is -0.348. The third-order valence-electron chi connectivity index (χ3n) is 5.03. The summed E-state index contributed by atoms with van der Waals surface area (Å²) in [4.78, 5) is 29.3. The zero-order valence-electron chi connectivity index (χ0n) is 16.5. The molecule has 150 valence electrons. The van der Waals surface area contributed by atoms with Crippen LogP contribution in [0.5, 0.6) is 0 Å². The van der Waals surface area contributed by atoms with Gasteiger partial charge in [-0.1, -0.05) is 23.4 Å². The third-order valence-corrected chi connectivity index (χ3v) is 5.03. The molecule has 8 heteroatoms. The van der Waals surface area contributed by atoms with Crippen LogP contribution in [-0.4, -0.2) is 56.8 Å². The number of piperazine rings is 1. The molecule has 0 atom stereocenters. The molecule has 4 rings (SSSR count). The molecule has 1 aromatic carbocycles. The Balaban J connectivity index is 1.48. The number of aryl methyl sites for hydroxylation is 2. The molecule has 3 heterocycles. The SMILES string of the molecule is Cc1cc(CN2CCN(C(=O)c3nn(-c4ccccc4)c(C)cc3=O)CC2)on1. The van der Waals surface area contributed by atoms with Crippen molar-refractivity contribution in [3.8, 4) is 5.69 Å². The van der Waals surface area contributed by atoms with Gasteiger partial charge in [-0.05, 0) is 26.0 Å². The Kier molecular flexibility index (Phi) is 5.26. The number of hydrogen-bond acceptors (Lipinski definition) is 6. The third kappa shape index (κ3) is 4.12. The molecule has 0 unspecified atom stereocenters. The van der Waals surface area contributed by atoms with Gasteiger partial charge in [-0.3, -0.25) is 14.5 Å². The highest BCUT2D eigenvalue weighted by Crippen LogP contribution is 2.12. The van der Waals surface area contributed by atoms with E-state index in [0.717, 1.165) is 17.1 Å². The molecule has 0 bridgehead atoms. The van der Waals surface area contributed by atoms with Gasteiger partial charge >= 0.3 is 0 Å². The molecule has 3 aromatic rings. The molecule has 1 amide bonds. The van der Waals surface area contributed by atoms with Crippen LogP contribution >= 0.6 is 0 Å². The van der Waals surface area contributed by atoms with Crippen molar-refractivity contribution in [3.05, 3.63) is 75.5 Å². The van der Waals surface area contributed by atoms with Crippen LogP contribution in [0.3, 0.4) is 0 Å². The number of aromatic nitrogens is 3. The van der Waals surface area contributed by atoms with E-state index in [1.165, 1.54) is 6.07 Å². The summed E-state index contributed by atoms with van der Waals surface area (Å²) in [6, 6.07) is 12.9. The summed E-state index contributed by atoms with van der Waals surface area (Å²) >= 11 is 0. The van der Waals surface area contributed by atoms with Gasteiger partial charge in [0.05, 0.1) is 17.9 Å². The van der Waals surface area contributed by atoms with Gasteiger partial charge in [-0.2, -0.15) is 5.10 Å². The molecular weight excluding hydrogens is 370 g/mol. The molecule has 1 aliphatic heterocycles. The summed E-state index contributed by atoms with van der Waals surface area (Å²) in [6.07, 6.45) is 0. The van der Waals surface area contributed by atoms with Crippen molar-refractivity contribution in [3.63, 3.8) is 0 Å². The van der Waals surface area contributed by atoms with Crippen LogP contribution in [0.4, 0.5) is 0 Å². The average molecular weight is 393 g/mol. The average Bonchev–Trinajstić information content (AvgIpc) is 3.13. The topological polar surface area (TPSA) is 84.5 Å². The first-order valence-corrected chi connectivity index (χ1v) is 9.61. The number of benzene rings is 1. The largest absolute Gasteiger partial charge is 0.360 e. The van der Waals surface area contributed by atoms with Crippen molar-refractivity contribution >= 4 is 5.91 Å². The monoisotopic (exact) mass is 393 g/mol. The van der Waals surface area contributed by atoms with Gasteiger partial charge in [0.15, 0.2) is 11.5 Å². The van der Waals surface area contributed by atoms with Crippen LogP contribution in [0.1, 0.15) is 27.6 Å². The van der Waals surface area contributed by atoms with Crippen LogP contribution in [0.2, 0.25) is 0 Å². The number of carbonyl (C=O) groups excluding carboxylic acids is 1. The van der Waals surface area contributed by atoms with Gasteiger partial charge in [0.1, 0.15) is 0 Å². The fourth-order valence-electron chi connectivity index (χ4n) is 3.50. The summed E-state index contributed by atoms with van der Waals surface area (Å²) < 4.78 is 6.90. The first-order chi connectivity index (χ1) is 14.0. The molecular formula is C21H23N5O3. The highest BCUT2D eigenvalue weighted by Gasteiger charge is 2.26. The summed E-state index contributed by atoms with van der Waals surface area (Å²) in [7, 11) is 0. The molecule has 8 nitrogen and oxygen atoms in total. The fourth-order valence-corrected chi connectivity index (χ4v) is 3.50. The van der Waals surface area contributed by atoms with Crippen LogP contribution in [0, 0.1) is 13.8 Å². The zero-order chi connectivity index (χ0) is 20.4. The lowest BCUT2D eigenvalue weighted by Gasteiger charge is -2.33. The van der Waals surface area contributed by atoms with Gasteiger partial charge < -0.3 is 9.42 Å². The van der Waals surface area contributed by atoms with E-state index >= 15 is 0 Å². The minimum absolute atomic E-state index is 0.0428. The Morgan fingerprint density at radius 2 is 1.79 bits per heavy atom. The Labute approximate surface area is 168 Å². The molecule has 0 saturated carbocycles. The van der Waals surface area contributed by atoms with Gasteiger partial charge in [0, 0.05) is 44.0 Å². The number of hydrogen-bond donors (Lipinski definition) is 0. The second-order valence-electron chi connectivity index (χ2n) is 7.25. The van der Waals surface area contributed by atoms with E-state index in [1.807, 2.05) is 43.3 Å². The van der Waals surface area contributed by atoms with Crippen molar-refractivity contribution in [1.29, 1.82) is 0 Å². The molecule has 0 radical (unpaired) electrons. The molecule has 0 aliphatic carbocycles. The lowest BCUT2D eigenvalue weighted by Crippen LogP contribution is -2.49. The lowest BCUT2D eigenvalue weighted by molar-refractivity contribution is 0.0608. The molecule has 1 aliphatic rings. The minimum Gasteiger partial charge on any atom is -0.360 e. The molecule has 1 saturated heterocycles. The van der Waals surface area contributed by atoms with Crippen LogP contribution in [0.15, 0.2) is 51.8 Å². The smallest absolute Gasteiger partial charge is 0.278 e. The van der Waals surface area contributed by atoms with E-state index in [1.54, 1.807) is 16.5 Å². The van der Waals surface area contributed by atoms with E-state index in [9.17, 15) is 9.59 Å². The van der Waals surface area contributed by atoms with E-state index in [4.69, 9.17) is 4.52 Å². The van der Waals surface area contributed by atoms with Crippen LogP contribution in [-0.2, 0) is 6.54 Å². The van der Waals surface area contributed by atoms with Crippen molar-refractivity contribution in [1.82, 2.24) is 24.7 Å². The Hall–Kier alpha value is -3.26. The maximum absolute atomic E-state index is 13.0. The number of amides is 1. The van der Waals surface area contributed by atoms with Gasteiger partial charge in [-0.25, -0.2) is 4.68 Å². The molecule has 2 aromatic heterocycles. The quantitative estimate of drug-likeness (QED) is 0.672. The van der Waals surface area contributed by atoms with E-state index in [2.05, 4.69) is 15.2 Å². The maximum atomic E-state index is 13.0. The van der Waals surface area contributed by atoms with Gasteiger partial charge in [0.2, 0.25) is 5.43 Å². The zero-order valence-corrected chi connectivity index (χ0v) is 16.5. The van der Waals surface area contributed by atoms with E-state index in [-0.39, 0.29) is 17.0 Å². The Morgan fingerprint density at radius 1 is 1.07 bits per heavy atom. The summed E-state index contributed by atoms with van der Waals surface area (Å²) in [6.45, 7) is 6.82. The van der Waals surface area contributed by atoms with E-state index in [0.29, 0.717) is 38.4 Å². The van der Waals surface area contributed by atoms with Crippen molar-refractivity contribution in [2.75, 3.05) is 26.2 Å². The predicted molar refractivity (Wildman–Crippen MR) is 107 cm³/mol. The van der Waals surface area contributed by atoms with Gasteiger partial charge in [-0.15, -0.1) is 0 Å². The Morgan fingerprint density at radius 3 is 2.45 bits per heavy atom. The second kappa shape index (κ2) is 8.00. The summed E-state index contributed by atoms with van der Waals surface area (Å²) in [5.74, 6) is 0.489. The van der Waals surface area contributed by atoms with Crippen LogP contribution in [0.25, 0.3) is 5.69 Å². The summed E-state index contributed by atoms with van der Waals surface area (Å²) in [5, 5.41) is 8.29. The predicted octanol–water partition coefficient (Wildman–Crippen LogP) is 1.80. The first kappa shape index (κ1) is 19.1. The number of carbonyl (C=O) groups is 1. The second-order valence-corrected chi connectivity index (χ2v) is 7.25. The number of para-hydroxylation sites is 1. The van der Waals surface area contributed by atoms with Crippen molar-refractivity contribution in [2.45, 2.75) is 20.4 Å². The van der Waals surface area contributed by atoms with E-state index < -0.39 is 0 Å².